The molecule has 0 bridgehead atoms. The summed E-state index contributed by atoms with van der Waals surface area (Å²) in [4.78, 5) is 6.48. The molecule has 5 nitrogen and oxygen atoms in total. The molecule has 0 saturated carbocycles. The van der Waals surface area contributed by atoms with Gasteiger partial charge in [-0.2, -0.15) is 0 Å². The van der Waals surface area contributed by atoms with E-state index in [0.29, 0.717) is 25.1 Å². The maximum atomic E-state index is 13.2. The van der Waals surface area contributed by atoms with Gasteiger partial charge in [0.25, 0.3) is 0 Å². The van der Waals surface area contributed by atoms with Crippen molar-refractivity contribution >= 4 is 5.96 Å². The minimum atomic E-state index is -0.549. The highest BCUT2D eigenvalue weighted by atomic mass is 19.1. The molecule has 0 radical (unpaired) electrons. The van der Waals surface area contributed by atoms with E-state index in [-0.39, 0.29) is 12.2 Å². The Morgan fingerprint density at radius 3 is 2.64 bits per heavy atom. The zero-order valence-electron chi connectivity index (χ0n) is 14.5. The van der Waals surface area contributed by atoms with Crippen LogP contribution in [0.1, 0.15) is 18.4 Å². The Bertz CT molecular complexity index is 586. The van der Waals surface area contributed by atoms with Crippen LogP contribution in [0.5, 0.6) is 0 Å². The molecule has 2 heterocycles. The van der Waals surface area contributed by atoms with Gasteiger partial charge in [-0.25, -0.2) is 8.78 Å². The summed E-state index contributed by atoms with van der Waals surface area (Å²) in [5, 5.41) is 3.27. The number of morpholine rings is 1. The molecule has 0 amide bonds. The Kier molecular flexibility index (Phi) is 6.20. The van der Waals surface area contributed by atoms with Crippen molar-refractivity contribution in [3.05, 3.63) is 35.4 Å². The number of rotatable bonds is 4. The molecule has 0 spiro atoms. The molecule has 2 fully saturated rings. The quantitative estimate of drug-likeness (QED) is 0.664. The molecule has 3 rings (SSSR count). The van der Waals surface area contributed by atoms with Crippen molar-refractivity contribution < 1.29 is 18.3 Å². The van der Waals surface area contributed by atoms with Gasteiger partial charge in [-0.05, 0) is 37.0 Å². The molecular formula is C18H25F2N3O2. The molecule has 25 heavy (non-hydrogen) atoms. The maximum Gasteiger partial charge on any atom is 0.193 e. The van der Waals surface area contributed by atoms with Crippen molar-refractivity contribution in [2.45, 2.75) is 31.5 Å². The van der Waals surface area contributed by atoms with Crippen molar-refractivity contribution in [1.29, 1.82) is 0 Å². The molecule has 2 aliphatic heterocycles. The summed E-state index contributed by atoms with van der Waals surface area (Å²) in [6.07, 6.45) is 2.87. The van der Waals surface area contributed by atoms with E-state index in [1.807, 2.05) is 0 Å². The van der Waals surface area contributed by atoms with E-state index in [0.717, 1.165) is 44.6 Å². The van der Waals surface area contributed by atoms with Crippen LogP contribution in [0.15, 0.2) is 23.2 Å². The van der Waals surface area contributed by atoms with Crippen LogP contribution in [0.4, 0.5) is 8.78 Å². The lowest BCUT2D eigenvalue weighted by atomic mass is 10.1. The lowest BCUT2D eigenvalue weighted by Crippen LogP contribution is -2.53. The van der Waals surface area contributed by atoms with Gasteiger partial charge >= 0.3 is 0 Å². The predicted octanol–water partition coefficient (Wildman–Crippen LogP) is 1.96. The molecule has 0 aromatic heterocycles. The Hall–Kier alpha value is -1.73. The van der Waals surface area contributed by atoms with Crippen LogP contribution in [0.25, 0.3) is 0 Å². The summed E-state index contributed by atoms with van der Waals surface area (Å²) in [5.41, 5.74) is 0.625. The number of aliphatic imine (C=N–C) groups is 1. The molecule has 1 aromatic rings. The van der Waals surface area contributed by atoms with Crippen molar-refractivity contribution in [3.63, 3.8) is 0 Å². The molecule has 7 heteroatoms. The summed E-state index contributed by atoms with van der Waals surface area (Å²) < 4.78 is 38.1. The van der Waals surface area contributed by atoms with Crippen molar-refractivity contribution in [1.82, 2.24) is 10.2 Å². The van der Waals surface area contributed by atoms with E-state index in [1.165, 1.54) is 12.1 Å². The largest absolute Gasteiger partial charge is 0.375 e. The Morgan fingerprint density at radius 1 is 1.20 bits per heavy atom. The number of halogens is 2. The number of ether oxygens (including phenoxy) is 2. The fourth-order valence-electron chi connectivity index (χ4n) is 3.39. The third kappa shape index (κ3) is 4.89. The van der Waals surface area contributed by atoms with Crippen LogP contribution in [0.3, 0.4) is 0 Å². The van der Waals surface area contributed by atoms with Gasteiger partial charge in [0.15, 0.2) is 5.96 Å². The highest BCUT2D eigenvalue weighted by Gasteiger charge is 2.32. The average Bonchev–Trinajstić information content (AvgIpc) is 3.13. The van der Waals surface area contributed by atoms with Gasteiger partial charge in [0, 0.05) is 39.4 Å². The normalized spacial score (nSPS) is 24.6. The first-order valence-corrected chi connectivity index (χ1v) is 8.79. The minimum Gasteiger partial charge on any atom is -0.375 e. The van der Waals surface area contributed by atoms with Crippen molar-refractivity contribution in [2.24, 2.45) is 4.99 Å². The summed E-state index contributed by atoms with van der Waals surface area (Å²) in [5.74, 6) is -0.317. The van der Waals surface area contributed by atoms with E-state index < -0.39 is 11.6 Å². The molecule has 1 N–H and O–H groups in total. The summed E-state index contributed by atoms with van der Waals surface area (Å²) in [6.45, 7) is 3.50. The molecular weight excluding hydrogens is 328 g/mol. The molecule has 2 aliphatic rings. The van der Waals surface area contributed by atoms with Crippen molar-refractivity contribution in [2.75, 3.05) is 39.9 Å². The van der Waals surface area contributed by atoms with Crippen LogP contribution in [-0.4, -0.2) is 63.0 Å². The smallest absolute Gasteiger partial charge is 0.193 e. The highest BCUT2D eigenvalue weighted by molar-refractivity contribution is 5.80. The summed E-state index contributed by atoms with van der Waals surface area (Å²) >= 11 is 0. The standard InChI is InChI=1S/C18H25F2N3O2/c1-21-18(22-5-4-13-9-14(19)11-15(20)10-13)23-6-8-25-17(12-23)16-3-2-7-24-16/h9-11,16-17H,2-8,12H2,1H3,(H,21,22). The maximum absolute atomic E-state index is 13.2. The Morgan fingerprint density at radius 2 is 1.96 bits per heavy atom. The Labute approximate surface area is 147 Å². The van der Waals surface area contributed by atoms with Gasteiger partial charge < -0.3 is 19.7 Å². The monoisotopic (exact) mass is 353 g/mol. The van der Waals surface area contributed by atoms with Gasteiger partial charge in [0.1, 0.15) is 17.7 Å². The Balaban J connectivity index is 1.51. The predicted molar refractivity (Wildman–Crippen MR) is 91.7 cm³/mol. The molecule has 2 saturated heterocycles. The molecule has 138 valence electrons. The highest BCUT2D eigenvalue weighted by Crippen LogP contribution is 2.21. The zero-order chi connectivity index (χ0) is 17.6. The van der Waals surface area contributed by atoms with Crippen LogP contribution < -0.4 is 5.32 Å². The van der Waals surface area contributed by atoms with E-state index in [2.05, 4.69) is 15.2 Å². The first-order chi connectivity index (χ1) is 12.2. The number of guanidine groups is 1. The van der Waals surface area contributed by atoms with E-state index in [9.17, 15) is 8.78 Å². The number of hydrogen-bond acceptors (Lipinski definition) is 3. The molecule has 2 atom stereocenters. The molecule has 2 unspecified atom stereocenters. The molecule has 1 aromatic carbocycles. The van der Waals surface area contributed by atoms with Crippen LogP contribution in [0, 0.1) is 11.6 Å². The lowest BCUT2D eigenvalue weighted by molar-refractivity contribution is -0.0816. The SMILES string of the molecule is CN=C(NCCc1cc(F)cc(F)c1)N1CCOC(C2CCCO2)C1. The topological polar surface area (TPSA) is 46.1 Å². The van der Waals surface area contributed by atoms with Crippen molar-refractivity contribution in [3.8, 4) is 0 Å². The van der Waals surface area contributed by atoms with E-state index in [1.54, 1.807) is 7.05 Å². The first-order valence-electron chi connectivity index (χ1n) is 8.79. The third-order valence-electron chi connectivity index (χ3n) is 4.60. The number of nitrogens with zero attached hydrogens (tertiary/aromatic N) is 2. The summed E-state index contributed by atoms with van der Waals surface area (Å²) in [7, 11) is 1.74. The van der Waals surface area contributed by atoms with Crippen LogP contribution >= 0.6 is 0 Å². The van der Waals surface area contributed by atoms with Gasteiger partial charge in [0.2, 0.25) is 0 Å². The minimum absolute atomic E-state index is 0.0621. The number of benzene rings is 1. The second-order valence-corrected chi connectivity index (χ2v) is 6.41. The molecule has 0 aliphatic carbocycles. The third-order valence-corrected chi connectivity index (χ3v) is 4.60. The fourth-order valence-corrected chi connectivity index (χ4v) is 3.39. The lowest BCUT2D eigenvalue weighted by Gasteiger charge is -2.37. The summed E-state index contributed by atoms with van der Waals surface area (Å²) in [6, 6.07) is 3.60. The van der Waals surface area contributed by atoms with Gasteiger partial charge in [-0.1, -0.05) is 0 Å². The van der Waals surface area contributed by atoms with E-state index in [4.69, 9.17) is 9.47 Å². The van der Waals surface area contributed by atoms with Gasteiger partial charge in [-0.15, -0.1) is 0 Å². The second kappa shape index (κ2) is 8.58. The van der Waals surface area contributed by atoms with E-state index >= 15 is 0 Å². The van der Waals surface area contributed by atoms with Gasteiger partial charge in [0.05, 0.1) is 12.7 Å². The average molecular weight is 353 g/mol. The van der Waals surface area contributed by atoms with Crippen LogP contribution in [-0.2, 0) is 15.9 Å². The second-order valence-electron chi connectivity index (χ2n) is 6.41. The number of hydrogen-bond donors (Lipinski definition) is 1. The zero-order valence-corrected chi connectivity index (χ0v) is 14.5. The van der Waals surface area contributed by atoms with Gasteiger partial charge in [-0.3, -0.25) is 4.99 Å². The fraction of sp³-hybridized carbons (Fsp3) is 0.611. The number of nitrogens with one attached hydrogen (secondary N) is 1. The van der Waals surface area contributed by atoms with Crippen LogP contribution in [0.2, 0.25) is 0 Å². The first kappa shape index (κ1) is 18.1.